The van der Waals surface area contributed by atoms with E-state index in [1.165, 1.54) is 176 Å². The first-order chi connectivity index (χ1) is 72.6. The van der Waals surface area contributed by atoms with E-state index < -0.39 is 12.5 Å². The van der Waals surface area contributed by atoms with Gasteiger partial charge in [0.2, 0.25) is 6.29 Å². The molecular weight excluding hydrogens is 1990 g/mol. The van der Waals surface area contributed by atoms with Crippen molar-refractivity contribution in [1.29, 1.82) is 0 Å². The second kappa shape index (κ2) is 113. The van der Waals surface area contributed by atoms with Gasteiger partial charge in [0, 0.05) is 56.7 Å². The number of halogens is 3. The molecule has 0 fully saturated rings. The number of aryl methyl sites for hydroxylation is 4. The van der Waals surface area contributed by atoms with E-state index in [2.05, 4.69) is 96.8 Å². The van der Waals surface area contributed by atoms with Gasteiger partial charge in [-0.15, -0.1) is 0 Å². The summed E-state index contributed by atoms with van der Waals surface area (Å²) in [5, 5.41) is 39.5. The fourth-order valence-electron chi connectivity index (χ4n) is 14.3. The van der Waals surface area contributed by atoms with E-state index >= 15 is 0 Å². The molecule has 1 aliphatic rings. The minimum absolute atomic E-state index is 0. The third kappa shape index (κ3) is 101. The van der Waals surface area contributed by atoms with Crippen molar-refractivity contribution in [2.75, 3.05) is 295 Å². The molecule has 0 amide bonds. The number of phenols is 4. The van der Waals surface area contributed by atoms with Crippen LogP contribution >= 0.6 is 36.2 Å². The van der Waals surface area contributed by atoms with E-state index in [9.17, 15) is 43.2 Å². The molecule has 0 saturated carbocycles. The lowest BCUT2D eigenvalue weighted by molar-refractivity contribution is -0.156. The predicted octanol–water partition coefficient (Wildman–Crippen LogP) is 22.8. The Kier molecular flexibility index (Phi) is 109. The molecule has 0 atom stereocenters. The lowest BCUT2D eigenvalue weighted by atomic mass is 9.99. The second-order valence-electron chi connectivity index (χ2n) is 35.5. The lowest BCUT2D eigenvalue weighted by Crippen LogP contribution is -2.14. The van der Waals surface area contributed by atoms with Gasteiger partial charge in [0.05, 0.1) is 238 Å². The molecule has 34 heteroatoms. The molecule has 0 aromatic heterocycles. The van der Waals surface area contributed by atoms with Gasteiger partial charge in [-0.2, -0.15) is 49.3 Å². The van der Waals surface area contributed by atoms with Gasteiger partial charge < -0.3 is 120 Å². The highest BCUT2D eigenvalue weighted by atomic mass is 32.2. The molecule has 0 unspecified atom stereocenters. The molecule has 0 aliphatic heterocycles. The third-order valence-corrected chi connectivity index (χ3v) is 25.2. The zero-order chi connectivity index (χ0) is 107. The van der Waals surface area contributed by atoms with Crippen molar-refractivity contribution in [2.45, 2.75) is 258 Å². The second-order valence-corrected chi connectivity index (χ2v) is 38.1. The van der Waals surface area contributed by atoms with Gasteiger partial charge in [-0.3, -0.25) is 14.4 Å². The number of unbranched alkanes of at least 4 members (excludes halogenated alkanes) is 24. The van der Waals surface area contributed by atoms with Crippen LogP contribution in [0.15, 0.2) is 109 Å². The minimum atomic E-state index is -4.64. The number of carbonyl (C=O) groups is 3. The summed E-state index contributed by atoms with van der Waals surface area (Å²) < 4.78 is 148. The predicted molar refractivity (Wildman–Crippen MR) is 599 cm³/mol. The number of rotatable bonds is 105. The summed E-state index contributed by atoms with van der Waals surface area (Å²) in [6.07, 6.45) is 36.7. The van der Waals surface area contributed by atoms with Crippen molar-refractivity contribution in [2.24, 2.45) is 0 Å². The summed E-state index contributed by atoms with van der Waals surface area (Å²) in [4.78, 5) is 31.7. The van der Waals surface area contributed by atoms with Crippen molar-refractivity contribution in [3.63, 3.8) is 0 Å². The highest BCUT2D eigenvalue weighted by molar-refractivity contribution is 7.98. The maximum Gasteiger partial charge on any atom is 0.446 e. The first-order valence-corrected chi connectivity index (χ1v) is 57.6. The molecule has 0 saturated heterocycles. The van der Waals surface area contributed by atoms with Gasteiger partial charge in [-0.1, -0.05) is 191 Å². The van der Waals surface area contributed by atoms with Crippen molar-refractivity contribution in [1.82, 2.24) is 0 Å². The number of thioether (sulfide) groups is 2. The van der Waals surface area contributed by atoms with Crippen LogP contribution in [0.1, 0.15) is 247 Å². The fourth-order valence-corrected chi connectivity index (χ4v) is 16.5. The topological polar surface area (TPSA) is 326 Å². The Morgan fingerprint density at radius 1 is 0.273 bits per heavy atom. The summed E-state index contributed by atoms with van der Waals surface area (Å²) in [6.45, 7) is 27.5. The Labute approximate surface area is 914 Å². The first-order valence-electron chi connectivity index (χ1n) is 54.6. The summed E-state index contributed by atoms with van der Waals surface area (Å²) in [5.74, 6) is 6.54. The highest BCUT2D eigenvalue weighted by Gasteiger charge is 2.25. The zero-order valence-corrected chi connectivity index (χ0v) is 92.5. The number of phenolic OH excluding ortho intramolecular Hbond substituents is 4. The molecule has 5 rings (SSSR count). The normalized spacial score (nSPS) is 11.8. The monoisotopic (exact) mass is 2190 g/mol. The van der Waals surface area contributed by atoms with Gasteiger partial charge in [-0.25, -0.2) is 0 Å². The number of ether oxygens (including phenoxy) is 21. The van der Waals surface area contributed by atoms with Gasteiger partial charge in [0.15, 0.2) is 11.6 Å². The Hall–Kier alpha value is -5.43. The standard InChI is InChI=1S/C40H66O9S.C39H62O9S.C33H60O9S.C2HF3O.2CH4/c1-36-33-40(42)38(34-39(36)41)17-11-13-19-44-21-23-46-25-27-48-29-31-49-30-28-47-26-24-45-22-20-43-18-12-6-4-2-3-5-7-14-32-50-35-37-15-9-8-10-16-37;40-38-17-18-39(41)37(34-38)16-10-12-20-43-22-24-45-26-28-47-30-32-48-31-29-46-27-25-44-23-21-42-19-11-5-3-1-2-4-6-13-33-49-35-36-14-8-7-9-15-36;1-30-28-33(35)31(29-32(30)34)12-8-10-14-37-16-18-39-20-22-41-24-26-42-25-23-40-21-19-38-17-15-36-13-9-6-4-2-3-5-7-11-27-43;3-2(4,5)1-6;;/h8-10,15-16,33-34,41-42H,2-7,11-14,17-32,35H2,1H3;7-9,14-15,17-18,34H,1-6,10-13,16,19-33,35H2;28-29,34-35,43H,2-27H2,1H3;1H;2*1H4. The number of aldehydes is 1. The molecule has 4 aromatic carbocycles. The minimum Gasteiger partial charge on any atom is -0.508 e. The van der Waals surface area contributed by atoms with E-state index in [1.807, 2.05) is 0 Å². The van der Waals surface area contributed by atoms with Crippen molar-refractivity contribution < 1.29 is 147 Å². The molecule has 0 spiro atoms. The third-order valence-electron chi connectivity index (χ3n) is 22.7. The molecule has 4 aromatic rings. The average Bonchev–Trinajstić information content (AvgIpc) is 0.860. The quantitative estimate of drug-likeness (QED) is 0.00901. The lowest BCUT2D eigenvalue weighted by Gasteiger charge is -2.09. The smallest absolute Gasteiger partial charge is 0.446 e. The molecule has 0 heterocycles. The number of carbonyl (C=O) groups excluding carboxylic acids is 3. The van der Waals surface area contributed by atoms with Gasteiger partial charge in [0.25, 0.3) is 0 Å². The fraction of sp³-hybridized carbons (Fsp3) is 0.733. The van der Waals surface area contributed by atoms with Crippen LogP contribution in [0.5, 0.6) is 23.0 Å². The molecule has 1 aliphatic carbocycles. The molecule has 868 valence electrons. The first kappa shape index (κ1) is 145. The van der Waals surface area contributed by atoms with Crippen molar-refractivity contribution in [3.8, 4) is 23.0 Å². The van der Waals surface area contributed by atoms with Crippen LogP contribution in [0.25, 0.3) is 0 Å². The number of alkyl halides is 3. The summed E-state index contributed by atoms with van der Waals surface area (Å²) in [7, 11) is 0. The number of hydrogen-bond acceptors (Lipinski definition) is 31. The van der Waals surface area contributed by atoms with Gasteiger partial charge in [0.1, 0.15) is 23.0 Å². The van der Waals surface area contributed by atoms with Crippen LogP contribution in [0.4, 0.5) is 13.2 Å². The Morgan fingerprint density at radius 3 is 0.713 bits per heavy atom. The molecule has 28 nitrogen and oxygen atoms in total. The molecule has 0 radical (unpaired) electrons. The van der Waals surface area contributed by atoms with Crippen molar-refractivity contribution in [3.05, 3.63) is 142 Å². The van der Waals surface area contributed by atoms with Crippen LogP contribution in [0, 0.1) is 13.8 Å². The van der Waals surface area contributed by atoms with Crippen LogP contribution in [-0.4, -0.2) is 339 Å². The average molecular weight is 2190 g/mol. The number of thiol groups is 1. The highest BCUT2D eigenvalue weighted by Crippen LogP contribution is 2.30. The van der Waals surface area contributed by atoms with E-state index in [0.717, 1.165) is 106 Å². The molecular formula is C116H197F3O28S3. The number of allylic oxidation sites excluding steroid dienone is 4. The Balaban J connectivity index is 0.00000215. The number of benzene rings is 4. The molecule has 0 bridgehead atoms. The van der Waals surface area contributed by atoms with Crippen molar-refractivity contribution >= 4 is 54.0 Å². The summed E-state index contributed by atoms with van der Waals surface area (Å²) >= 11 is 8.35. The van der Waals surface area contributed by atoms with E-state index in [4.69, 9.17) is 104 Å². The molecule has 150 heavy (non-hydrogen) atoms. The maximum atomic E-state index is 11.7. The SMILES string of the molecule is C.C.Cc1cc(O)c(CCCCOCCOCCOCCOCCOCCOCCOCCCCCCCCCCS)cc1O.Cc1cc(O)c(CCCCOCCOCCOCCOCCOCCOCCOCCCCCCCCCCSCc2ccccc2)cc1O.O=C1C=CC(=O)C(CCCCOCCOCCOCCOCCOCCOCCOCCCCCCCCCCSCc2ccccc2)=C1.O=CC(F)(F)F. The van der Waals surface area contributed by atoms with E-state index in [1.54, 1.807) is 38.1 Å². The Morgan fingerprint density at radius 2 is 0.480 bits per heavy atom. The Bertz CT molecular complexity index is 3630. The van der Waals surface area contributed by atoms with Crippen LogP contribution < -0.4 is 0 Å². The number of ketones is 2. The van der Waals surface area contributed by atoms with Crippen LogP contribution in [0.2, 0.25) is 0 Å². The van der Waals surface area contributed by atoms with E-state index in [0.29, 0.717) is 294 Å². The maximum absolute atomic E-state index is 11.7. The van der Waals surface area contributed by atoms with E-state index in [-0.39, 0.29) is 49.4 Å². The largest absolute Gasteiger partial charge is 0.508 e. The number of aromatic hydroxyl groups is 4. The zero-order valence-electron chi connectivity index (χ0n) is 89.9. The van der Waals surface area contributed by atoms with Gasteiger partial charge >= 0.3 is 6.18 Å². The number of hydrogen-bond donors (Lipinski definition) is 5. The van der Waals surface area contributed by atoms with Gasteiger partial charge in [-0.05, 0) is 203 Å². The molecule has 4 N–H and O–H groups in total. The van der Waals surface area contributed by atoms with Crippen LogP contribution in [-0.2, 0) is 138 Å². The van der Waals surface area contributed by atoms with Crippen LogP contribution in [0.3, 0.4) is 0 Å². The summed E-state index contributed by atoms with van der Waals surface area (Å²) in [5.41, 5.74) is 6.33. The summed E-state index contributed by atoms with van der Waals surface area (Å²) in [6, 6.07) is 28.0.